The Morgan fingerprint density at radius 3 is 2.39 bits per heavy atom. The van der Waals surface area contributed by atoms with Crippen molar-refractivity contribution in [2.75, 3.05) is 23.3 Å². The highest BCUT2D eigenvalue weighted by atomic mass is 35.5. The van der Waals surface area contributed by atoms with Gasteiger partial charge in [-0.1, -0.05) is 11.6 Å². The van der Waals surface area contributed by atoms with Crippen molar-refractivity contribution in [2.45, 2.75) is 12.8 Å². The summed E-state index contributed by atoms with van der Waals surface area (Å²) in [5.74, 6) is 0.170. The zero-order valence-corrected chi connectivity index (χ0v) is 13.3. The second-order valence-electron chi connectivity index (χ2n) is 5.48. The van der Waals surface area contributed by atoms with E-state index in [0.717, 1.165) is 24.3 Å². The monoisotopic (exact) mass is 328 g/mol. The summed E-state index contributed by atoms with van der Waals surface area (Å²) >= 11 is 5.81. The molecule has 4 nitrogen and oxygen atoms in total. The Labute approximate surface area is 140 Å². The lowest BCUT2D eigenvalue weighted by molar-refractivity contribution is -0.117. The molecule has 1 aliphatic rings. The number of carbonyl (C=O) groups excluding carboxylic acids is 2. The molecule has 1 fully saturated rings. The van der Waals surface area contributed by atoms with Crippen LogP contribution in [0.5, 0.6) is 0 Å². The Kier molecular flexibility index (Phi) is 4.63. The summed E-state index contributed by atoms with van der Waals surface area (Å²) < 4.78 is 0. The number of nitrogens with one attached hydrogen (secondary N) is 1. The summed E-state index contributed by atoms with van der Waals surface area (Å²) in [6, 6.07) is 14.4. The van der Waals surface area contributed by atoms with Crippen LogP contribution in [-0.2, 0) is 4.79 Å². The van der Waals surface area contributed by atoms with Crippen molar-refractivity contribution >= 4 is 34.7 Å². The summed E-state index contributed by atoms with van der Waals surface area (Å²) in [5, 5.41) is 3.71. The SMILES string of the molecule is O=C(CNc1ccc(N2CCCC2=O)cc1)c1ccc(Cl)cc1. The van der Waals surface area contributed by atoms with Crippen LogP contribution in [0, 0.1) is 0 Å². The minimum absolute atomic E-state index is 0.000430. The molecule has 1 saturated heterocycles. The number of hydrogen-bond acceptors (Lipinski definition) is 3. The number of Topliss-reactive ketones (excluding diaryl/α,β-unsaturated/α-hetero) is 1. The molecule has 1 amide bonds. The molecular formula is C18H17ClN2O2. The molecule has 0 aliphatic carbocycles. The largest absolute Gasteiger partial charge is 0.378 e. The maximum absolute atomic E-state index is 12.1. The Morgan fingerprint density at radius 1 is 1.09 bits per heavy atom. The maximum Gasteiger partial charge on any atom is 0.227 e. The van der Waals surface area contributed by atoms with E-state index in [1.54, 1.807) is 29.2 Å². The van der Waals surface area contributed by atoms with Crippen molar-refractivity contribution in [3.63, 3.8) is 0 Å². The third kappa shape index (κ3) is 3.71. The van der Waals surface area contributed by atoms with E-state index in [2.05, 4.69) is 5.32 Å². The second-order valence-corrected chi connectivity index (χ2v) is 5.92. The lowest BCUT2D eigenvalue weighted by atomic mass is 10.1. The van der Waals surface area contributed by atoms with Gasteiger partial charge in [0.1, 0.15) is 0 Å². The minimum Gasteiger partial charge on any atom is -0.378 e. The standard InChI is InChI=1S/C18H17ClN2O2/c19-14-5-3-13(4-6-14)17(22)12-20-15-7-9-16(10-8-15)21-11-1-2-18(21)23/h3-10,20H,1-2,11-12H2. The first kappa shape index (κ1) is 15.6. The predicted octanol–water partition coefficient (Wildman–Crippen LogP) is 3.76. The molecule has 0 radical (unpaired) electrons. The first-order valence-electron chi connectivity index (χ1n) is 7.56. The van der Waals surface area contributed by atoms with Gasteiger partial charge < -0.3 is 10.2 Å². The molecule has 5 heteroatoms. The summed E-state index contributed by atoms with van der Waals surface area (Å²) in [7, 11) is 0. The van der Waals surface area contributed by atoms with Gasteiger partial charge >= 0.3 is 0 Å². The lowest BCUT2D eigenvalue weighted by Crippen LogP contribution is -2.23. The molecule has 1 N–H and O–H groups in total. The summed E-state index contributed by atoms with van der Waals surface area (Å²) in [6.45, 7) is 0.990. The Balaban J connectivity index is 1.59. The van der Waals surface area contributed by atoms with E-state index < -0.39 is 0 Å². The molecule has 2 aromatic carbocycles. The van der Waals surface area contributed by atoms with Crippen LogP contribution in [0.3, 0.4) is 0 Å². The number of anilines is 2. The van der Waals surface area contributed by atoms with Gasteiger partial charge in [0, 0.05) is 34.9 Å². The van der Waals surface area contributed by atoms with E-state index in [-0.39, 0.29) is 18.2 Å². The van der Waals surface area contributed by atoms with Crippen LogP contribution < -0.4 is 10.2 Å². The molecule has 0 atom stereocenters. The molecule has 0 bridgehead atoms. The number of halogens is 1. The first-order valence-corrected chi connectivity index (χ1v) is 7.94. The van der Waals surface area contributed by atoms with E-state index in [1.165, 1.54) is 0 Å². The molecule has 2 aromatic rings. The van der Waals surface area contributed by atoms with Crippen molar-refractivity contribution in [3.8, 4) is 0 Å². The highest BCUT2D eigenvalue weighted by molar-refractivity contribution is 6.30. The van der Waals surface area contributed by atoms with Crippen molar-refractivity contribution in [1.29, 1.82) is 0 Å². The smallest absolute Gasteiger partial charge is 0.227 e. The van der Waals surface area contributed by atoms with Gasteiger partial charge in [-0.25, -0.2) is 0 Å². The number of amides is 1. The minimum atomic E-state index is 0.000430. The first-order chi connectivity index (χ1) is 11.1. The maximum atomic E-state index is 12.1. The molecular weight excluding hydrogens is 312 g/mol. The molecule has 0 aromatic heterocycles. The number of carbonyl (C=O) groups is 2. The molecule has 3 rings (SSSR count). The summed E-state index contributed by atoms with van der Waals surface area (Å²) in [6.07, 6.45) is 1.53. The van der Waals surface area contributed by atoms with Gasteiger partial charge in [0.05, 0.1) is 6.54 Å². The van der Waals surface area contributed by atoms with Crippen LogP contribution in [0.25, 0.3) is 0 Å². The van der Waals surface area contributed by atoms with Crippen LogP contribution >= 0.6 is 11.6 Å². The van der Waals surface area contributed by atoms with Gasteiger partial charge in [-0.2, -0.15) is 0 Å². The van der Waals surface area contributed by atoms with Crippen molar-refractivity contribution < 1.29 is 9.59 Å². The van der Waals surface area contributed by atoms with Gasteiger partial charge in [0.2, 0.25) is 5.91 Å². The molecule has 1 aliphatic heterocycles. The molecule has 0 spiro atoms. The summed E-state index contributed by atoms with van der Waals surface area (Å²) in [5.41, 5.74) is 2.38. The number of hydrogen-bond donors (Lipinski definition) is 1. The number of nitrogens with zero attached hydrogens (tertiary/aromatic N) is 1. The van der Waals surface area contributed by atoms with Gasteiger partial charge in [-0.15, -0.1) is 0 Å². The van der Waals surface area contributed by atoms with Gasteiger partial charge in [-0.05, 0) is 55.0 Å². The summed E-state index contributed by atoms with van der Waals surface area (Å²) in [4.78, 5) is 25.6. The third-order valence-corrected chi connectivity index (χ3v) is 4.12. The van der Waals surface area contributed by atoms with E-state index in [0.29, 0.717) is 17.0 Å². The number of rotatable bonds is 5. The van der Waals surface area contributed by atoms with Crippen LogP contribution in [0.15, 0.2) is 48.5 Å². The fourth-order valence-corrected chi connectivity index (χ4v) is 2.73. The van der Waals surface area contributed by atoms with Crippen LogP contribution in [0.4, 0.5) is 11.4 Å². The Bertz CT molecular complexity index is 711. The molecule has 1 heterocycles. The molecule has 0 saturated carbocycles. The highest BCUT2D eigenvalue weighted by Crippen LogP contribution is 2.23. The Hall–Kier alpha value is -2.33. The quantitative estimate of drug-likeness (QED) is 0.850. The zero-order valence-electron chi connectivity index (χ0n) is 12.6. The van der Waals surface area contributed by atoms with E-state index in [1.807, 2.05) is 24.3 Å². The number of benzene rings is 2. The van der Waals surface area contributed by atoms with Gasteiger partial charge in [0.25, 0.3) is 0 Å². The van der Waals surface area contributed by atoms with Crippen LogP contribution in [0.1, 0.15) is 23.2 Å². The topological polar surface area (TPSA) is 49.4 Å². The van der Waals surface area contributed by atoms with Crippen molar-refractivity contribution in [3.05, 3.63) is 59.1 Å². The van der Waals surface area contributed by atoms with Crippen molar-refractivity contribution in [2.24, 2.45) is 0 Å². The lowest BCUT2D eigenvalue weighted by Gasteiger charge is -2.16. The average molecular weight is 329 g/mol. The average Bonchev–Trinajstić information content (AvgIpc) is 3.00. The molecule has 0 unspecified atom stereocenters. The predicted molar refractivity (Wildman–Crippen MR) is 92.3 cm³/mol. The highest BCUT2D eigenvalue weighted by Gasteiger charge is 2.21. The fraction of sp³-hybridized carbons (Fsp3) is 0.222. The molecule has 118 valence electrons. The van der Waals surface area contributed by atoms with Gasteiger partial charge in [0.15, 0.2) is 5.78 Å². The van der Waals surface area contributed by atoms with Crippen LogP contribution in [-0.4, -0.2) is 24.8 Å². The third-order valence-electron chi connectivity index (χ3n) is 3.87. The van der Waals surface area contributed by atoms with E-state index >= 15 is 0 Å². The number of ketones is 1. The van der Waals surface area contributed by atoms with Crippen molar-refractivity contribution in [1.82, 2.24) is 0 Å². The second kappa shape index (κ2) is 6.84. The fourth-order valence-electron chi connectivity index (χ4n) is 2.60. The Morgan fingerprint density at radius 2 is 1.78 bits per heavy atom. The van der Waals surface area contributed by atoms with Gasteiger partial charge in [-0.3, -0.25) is 9.59 Å². The van der Waals surface area contributed by atoms with Crippen LogP contribution in [0.2, 0.25) is 5.02 Å². The zero-order chi connectivity index (χ0) is 16.2. The normalized spacial score (nSPS) is 14.1. The van der Waals surface area contributed by atoms with E-state index in [4.69, 9.17) is 11.6 Å². The van der Waals surface area contributed by atoms with E-state index in [9.17, 15) is 9.59 Å². The molecule has 23 heavy (non-hydrogen) atoms.